The second-order valence-electron chi connectivity index (χ2n) is 6.73. The molecule has 0 bridgehead atoms. The summed E-state index contributed by atoms with van der Waals surface area (Å²) in [4.78, 5) is 36.5. The predicted molar refractivity (Wildman–Crippen MR) is 84.2 cm³/mol. The lowest BCUT2D eigenvalue weighted by Crippen LogP contribution is -2.56. The van der Waals surface area contributed by atoms with Crippen molar-refractivity contribution in [2.24, 2.45) is 5.73 Å². The van der Waals surface area contributed by atoms with Crippen molar-refractivity contribution < 1.29 is 14.0 Å². The molecule has 0 aliphatic heterocycles. The summed E-state index contributed by atoms with van der Waals surface area (Å²) in [5.41, 5.74) is 4.35. The minimum atomic E-state index is -1.04. The van der Waals surface area contributed by atoms with E-state index in [0.717, 1.165) is 32.1 Å². The quantitative estimate of drug-likeness (QED) is 0.882. The van der Waals surface area contributed by atoms with Gasteiger partial charge in [-0.2, -0.15) is 0 Å². The standard InChI is InChI=1S/C17H22N2O4/c1-10-9-12(11-5-4-6-11)23-15(21)13(10)14(20)19-17(16(18)22)7-2-3-8-17/h9,11H,2-8H2,1H3,(H2,18,22)(H,19,20). The zero-order chi connectivity index (χ0) is 16.6. The van der Waals surface area contributed by atoms with Gasteiger partial charge in [-0.1, -0.05) is 19.3 Å². The second kappa shape index (κ2) is 5.83. The molecule has 0 atom stereocenters. The van der Waals surface area contributed by atoms with E-state index in [1.807, 2.05) is 0 Å². The Morgan fingerprint density at radius 3 is 2.39 bits per heavy atom. The lowest BCUT2D eigenvalue weighted by Gasteiger charge is -2.27. The molecule has 0 aromatic carbocycles. The van der Waals surface area contributed by atoms with Gasteiger partial charge in [-0.05, 0) is 44.2 Å². The third-order valence-corrected chi connectivity index (χ3v) is 5.18. The van der Waals surface area contributed by atoms with Crippen LogP contribution in [0.5, 0.6) is 0 Å². The fourth-order valence-corrected chi connectivity index (χ4v) is 3.49. The molecule has 124 valence electrons. The third kappa shape index (κ3) is 2.78. The highest BCUT2D eigenvalue weighted by atomic mass is 16.4. The van der Waals surface area contributed by atoms with Crippen LogP contribution in [-0.2, 0) is 4.79 Å². The predicted octanol–water partition coefficient (Wildman–Crippen LogP) is 1.74. The van der Waals surface area contributed by atoms with Gasteiger partial charge in [-0.25, -0.2) is 4.79 Å². The Morgan fingerprint density at radius 2 is 1.91 bits per heavy atom. The molecule has 1 heterocycles. The van der Waals surface area contributed by atoms with Crippen molar-refractivity contribution in [1.82, 2.24) is 5.32 Å². The van der Waals surface area contributed by atoms with Crippen LogP contribution < -0.4 is 16.7 Å². The molecule has 2 amide bonds. The highest BCUT2D eigenvalue weighted by Gasteiger charge is 2.41. The van der Waals surface area contributed by atoms with Gasteiger partial charge in [-0.3, -0.25) is 9.59 Å². The van der Waals surface area contributed by atoms with Crippen molar-refractivity contribution in [3.8, 4) is 0 Å². The van der Waals surface area contributed by atoms with Gasteiger partial charge in [0.25, 0.3) is 5.91 Å². The van der Waals surface area contributed by atoms with Gasteiger partial charge in [-0.15, -0.1) is 0 Å². The first-order valence-electron chi connectivity index (χ1n) is 8.20. The minimum absolute atomic E-state index is 0.0272. The monoisotopic (exact) mass is 318 g/mol. The molecule has 3 rings (SSSR count). The zero-order valence-electron chi connectivity index (χ0n) is 13.3. The minimum Gasteiger partial charge on any atom is -0.427 e. The van der Waals surface area contributed by atoms with Crippen molar-refractivity contribution >= 4 is 11.8 Å². The summed E-state index contributed by atoms with van der Waals surface area (Å²) in [5.74, 6) is -0.181. The van der Waals surface area contributed by atoms with Gasteiger partial charge in [0, 0.05) is 5.92 Å². The molecule has 0 unspecified atom stereocenters. The Bertz CT molecular complexity index is 697. The number of carbonyl (C=O) groups is 2. The molecule has 0 saturated heterocycles. The fourth-order valence-electron chi connectivity index (χ4n) is 3.49. The van der Waals surface area contributed by atoms with E-state index in [0.29, 0.717) is 24.2 Å². The van der Waals surface area contributed by atoms with E-state index in [1.54, 1.807) is 13.0 Å². The van der Waals surface area contributed by atoms with E-state index in [9.17, 15) is 14.4 Å². The Morgan fingerprint density at radius 1 is 1.26 bits per heavy atom. The lowest BCUT2D eigenvalue weighted by molar-refractivity contribution is -0.123. The van der Waals surface area contributed by atoms with E-state index in [4.69, 9.17) is 10.2 Å². The number of hydrogen-bond donors (Lipinski definition) is 2. The van der Waals surface area contributed by atoms with Gasteiger partial charge in [0.05, 0.1) is 0 Å². The Hall–Kier alpha value is -2.11. The van der Waals surface area contributed by atoms with Crippen molar-refractivity contribution in [1.29, 1.82) is 0 Å². The lowest BCUT2D eigenvalue weighted by atomic mass is 9.83. The molecule has 0 radical (unpaired) electrons. The summed E-state index contributed by atoms with van der Waals surface area (Å²) < 4.78 is 5.34. The number of primary amides is 1. The van der Waals surface area contributed by atoms with Crippen LogP contribution in [0.3, 0.4) is 0 Å². The van der Waals surface area contributed by atoms with E-state index in [1.165, 1.54) is 0 Å². The summed E-state index contributed by atoms with van der Waals surface area (Å²) in [7, 11) is 0. The molecule has 6 nitrogen and oxygen atoms in total. The molecule has 2 aliphatic carbocycles. The van der Waals surface area contributed by atoms with Crippen LogP contribution in [0, 0.1) is 6.92 Å². The molecule has 2 fully saturated rings. The maximum Gasteiger partial charge on any atom is 0.349 e. The van der Waals surface area contributed by atoms with Crippen molar-refractivity contribution in [2.75, 3.05) is 0 Å². The Kier molecular flexibility index (Phi) is 4.00. The highest BCUT2D eigenvalue weighted by molar-refractivity contribution is 5.99. The van der Waals surface area contributed by atoms with Crippen LogP contribution in [0.4, 0.5) is 0 Å². The number of rotatable bonds is 4. The van der Waals surface area contributed by atoms with E-state index in [2.05, 4.69) is 5.32 Å². The maximum absolute atomic E-state index is 12.5. The van der Waals surface area contributed by atoms with Gasteiger partial charge < -0.3 is 15.5 Å². The van der Waals surface area contributed by atoms with E-state index in [-0.39, 0.29) is 11.5 Å². The molecule has 2 saturated carbocycles. The normalized spacial score (nSPS) is 20.0. The first kappa shape index (κ1) is 15.8. The molecule has 2 aliphatic rings. The van der Waals surface area contributed by atoms with Gasteiger partial charge in [0.1, 0.15) is 16.9 Å². The smallest absolute Gasteiger partial charge is 0.349 e. The van der Waals surface area contributed by atoms with Crippen molar-refractivity contribution in [3.63, 3.8) is 0 Å². The van der Waals surface area contributed by atoms with Crippen LogP contribution in [0.15, 0.2) is 15.3 Å². The summed E-state index contributed by atoms with van der Waals surface area (Å²) in [6.07, 6.45) is 5.85. The number of amides is 2. The SMILES string of the molecule is Cc1cc(C2CCC2)oc(=O)c1C(=O)NC1(C(N)=O)CCCC1. The Labute approximate surface area is 134 Å². The van der Waals surface area contributed by atoms with E-state index < -0.39 is 23.0 Å². The third-order valence-electron chi connectivity index (χ3n) is 5.18. The molecule has 0 spiro atoms. The van der Waals surface area contributed by atoms with Gasteiger partial charge in [0.15, 0.2) is 0 Å². The molecular formula is C17H22N2O4. The number of nitrogens with one attached hydrogen (secondary N) is 1. The first-order valence-corrected chi connectivity index (χ1v) is 8.20. The summed E-state index contributed by atoms with van der Waals surface area (Å²) in [5, 5.41) is 2.69. The average molecular weight is 318 g/mol. The zero-order valence-corrected chi connectivity index (χ0v) is 13.3. The second-order valence-corrected chi connectivity index (χ2v) is 6.73. The van der Waals surface area contributed by atoms with Crippen molar-refractivity contribution in [2.45, 2.75) is 63.3 Å². The average Bonchev–Trinajstić information content (AvgIpc) is 2.85. The highest BCUT2D eigenvalue weighted by Crippen LogP contribution is 2.36. The maximum atomic E-state index is 12.5. The van der Waals surface area contributed by atoms with Crippen LogP contribution in [0.25, 0.3) is 0 Å². The van der Waals surface area contributed by atoms with Crippen LogP contribution in [0.1, 0.15) is 72.5 Å². The van der Waals surface area contributed by atoms with Crippen LogP contribution >= 0.6 is 0 Å². The topological polar surface area (TPSA) is 102 Å². The summed E-state index contributed by atoms with van der Waals surface area (Å²) in [6, 6.07) is 1.77. The first-order chi connectivity index (χ1) is 10.9. The number of carbonyl (C=O) groups excluding carboxylic acids is 2. The number of hydrogen-bond acceptors (Lipinski definition) is 4. The Balaban J connectivity index is 1.87. The molecular weight excluding hydrogens is 296 g/mol. The van der Waals surface area contributed by atoms with Gasteiger partial charge in [0.2, 0.25) is 5.91 Å². The molecule has 1 aromatic rings. The molecule has 3 N–H and O–H groups in total. The molecule has 23 heavy (non-hydrogen) atoms. The molecule has 1 aromatic heterocycles. The van der Waals surface area contributed by atoms with Crippen molar-refractivity contribution in [3.05, 3.63) is 33.4 Å². The van der Waals surface area contributed by atoms with E-state index >= 15 is 0 Å². The van der Waals surface area contributed by atoms with Crippen LogP contribution in [-0.4, -0.2) is 17.4 Å². The molecule has 6 heteroatoms. The largest absolute Gasteiger partial charge is 0.427 e. The van der Waals surface area contributed by atoms with Gasteiger partial charge >= 0.3 is 5.63 Å². The summed E-state index contributed by atoms with van der Waals surface area (Å²) >= 11 is 0. The fraction of sp³-hybridized carbons (Fsp3) is 0.588. The summed E-state index contributed by atoms with van der Waals surface area (Å²) in [6.45, 7) is 1.72. The van der Waals surface area contributed by atoms with Crippen LogP contribution in [0.2, 0.25) is 0 Å². The number of aryl methyl sites for hydroxylation is 1. The number of nitrogens with two attached hydrogens (primary N) is 1.